The van der Waals surface area contributed by atoms with E-state index in [1.807, 2.05) is 13.8 Å². The molecule has 0 fully saturated rings. The van der Waals surface area contributed by atoms with E-state index in [1.54, 1.807) is 13.0 Å². The van der Waals surface area contributed by atoms with Crippen LogP contribution in [0.25, 0.3) is 6.08 Å². The smallest absolute Gasteiger partial charge is 0.340 e. The number of fused-ring (bicyclic) bond motifs is 1. The summed E-state index contributed by atoms with van der Waals surface area (Å²) >= 11 is 0. The highest BCUT2D eigenvalue weighted by molar-refractivity contribution is 6.12. The molecule has 10 heteroatoms. The molecule has 0 atom stereocenters. The van der Waals surface area contributed by atoms with Crippen molar-refractivity contribution in [2.24, 2.45) is 0 Å². The molecule has 36 heavy (non-hydrogen) atoms. The normalized spacial score (nSPS) is 11.9. The van der Waals surface area contributed by atoms with Crippen LogP contribution in [-0.4, -0.2) is 52.9 Å². The van der Waals surface area contributed by atoms with Gasteiger partial charge in [-0.25, -0.2) is 4.79 Å². The van der Waals surface area contributed by atoms with E-state index in [-0.39, 0.29) is 40.7 Å². The first-order valence-electron chi connectivity index (χ1n) is 11.0. The van der Waals surface area contributed by atoms with Crippen molar-refractivity contribution in [2.45, 2.75) is 27.7 Å². The lowest BCUT2D eigenvalue weighted by atomic mass is 9.94. The molecule has 1 aliphatic rings. The van der Waals surface area contributed by atoms with Crippen molar-refractivity contribution >= 4 is 29.6 Å². The second-order valence-electron chi connectivity index (χ2n) is 8.01. The topological polar surface area (TPSA) is 119 Å². The Labute approximate surface area is 209 Å². The largest absolute Gasteiger partial charge is 0.493 e. The van der Waals surface area contributed by atoms with Crippen LogP contribution in [0.1, 0.15) is 39.5 Å². The van der Waals surface area contributed by atoms with Crippen LogP contribution < -0.4 is 29.0 Å². The molecule has 10 nitrogen and oxygen atoms in total. The van der Waals surface area contributed by atoms with Crippen molar-refractivity contribution in [3.8, 4) is 28.7 Å². The monoisotopic (exact) mass is 499 g/mol. The van der Waals surface area contributed by atoms with Crippen LogP contribution >= 0.6 is 0 Å². The van der Waals surface area contributed by atoms with Crippen molar-refractivity contribution < 1.29 is 42.8 Å². The van der Waals surface area contributed by atoms with E-state index in [1.165, 1.54) is 41.4 Å². The standard InChI is InChI=1S/C26H29NO9/c1-12-13(2)22-17(14(3)21(12)36-15(4)28)9-16(11-35-22)25(29)27-20-18(26(30)34-8)10-19(31-5)23(32-6)24(20)33-7/h9-10H,11H2,1-8H3,(H,27,29). The van der Waals surface area contributed by atoms with Gasteiger partial charge < -0.3 is 33.7 Å². The number of hydrogen-bond donors (Lipinski definition) is 1. The number of nitrogens with one attached hydrogen (secondary N) is 1. The number of benzene rings is 2. The fourth-order valence-electron chi connectivity index (χ4n) is 4.02. The Morgan fingerprint density at radius 1 is 0.889 bits per heavy atom. The summed E-state index contributed by atoms with van der Waals surface area (Å²) in [4.78, 5) is 37.5. The Morgan fingerprint density at radius 2 is 1.56 bits per heavy atom. The van der Waals surface area contributed by atoms with Gasteiger partial charge >= 0.3 is 11.9 Å². The van der Waals surface area contributed by atoms with E-state index < -0.39 is 17.8 Å². The molecule has 2 aromatic rings. The minimum absolute atomic E-state index is 0.0119. The first-order valence-corrected chi connectivity index (χ1v) is 11.0. The number of amides is 1. The highest BCUT2D eigenvalue weighted by atomic mass is 16.5. The molecule has 0 unspecified atom stereocenters. The number of rotatable bonds is 7. The van der Waals surface area contributed by atoms with E-state index in [0.29, 0.717) is 22.6 Å². The van der Waals surface area contributed by atoms with E-state index in [9.17, 15) is 14.4 Å². The van der Waals surface area contributed by atoms with Crippen molar-refractivity contribution in [3.05, 3.63) is 39.5 Å². The Hall–Kier alpha value is -4.21. The summed E-state index contributed by atoms with van der Waals surface area (Å²) in [5.41, 5.74) is 3.20. The number of esters is 2. The zero-order chi connectivity index (χ0) is 26.7. The number of carbonyl (C=O) groups is 3. The second-order valence-corrected chi connectivity index (χ2v) is 8.01. The van der Waals surface area contributed by atoms with Gasteiger partial charge in [-0.3, -0.25) is 9.59 Å². The molecule has 0 saturated heterocycles. The Kier molecular flexibility index (Phi) is 7.77. The SMILES string of the molecule is COC(=O)c1cc(OC)c(OC)c(OC)c1NC(=O)C1=Cc2c(C)c(OC(C)=O)c(C)c(C)c2OC1. The minimum Gasteiger partial charge on any atom is -0.493 e. The van der Waals surface area contributed by atoms with Crippen LogP contribution in [0.4, 0.5) is 5.69 Å². The molecule has 2 aromatic carbocycles. The maximum Gasteiger partial charge on any atom is 0.340 e. The van der Waals surface area contributed by atoms with E-state index in [4.69, 9.17) is 28.4 Å². The summed E-state index contributed by atoms with van der Waals surface area (Å²) in [6, 6.07) is 1.39. The molecule has 1 amide bonds. The Balaban J connectivity index is 2.11. The lowest BCUT2D eigenvalue weighted by Gasteiger charge is -2.25. The van der Waals surface area contributed by atoms with Crippen molar-refractivity contribution in [3.63, 3.8) is 0 Å². The summed E-state index contributed by atoms with van der Waals surface area (Å²) in [6.45, 7) is 6.80. The fourth-order valence-corrected chi connectivity index (χ4v) is 4.02. The number of methoxy groups -OCH3 is 4. The predicted molar refractivity (Wildman–Crippen MR) is 132 cm³/mol. The summed E-state index contributed by atoms with van der Waals surface area (Å²) in [5, 5.41) is 2.73. The van der Waals surface area contributed by atoms with Gasteiger partial charge in [0.2, 0.25) is 5.75 Å². The molecule has 0 radical (unpaired) electrons. The molecule has 0 aliphatic carbocycles. The molecule has 1 aliphatic heterocycles. The van der Waals surface area contributed by atoms with Crippen molar-refractivity contribution in [1.29, 1.82) is 0 Å². The lowest BCUT2D eigenvalue weighted by Crippen LogP contribution is -2.24. The molecule has 3 rings (SSSR count). The van der Waals surface area contributed by atoms with Crippen LogP contribution in [0.3, 0.4) is 0 Å². The molecule has 1 heterocycles. The van der Waals surface area contributed by atoms with E-state index >= 15 is 0 Å². The fraction of sp³-hybridized carbons (Fsp3) is 0.346. The zero-order valence-corrected chi connectivity index (χ0v) is 21.5. The quantitative estimate of drug-likeness (QED) is 0.449. The highest BCUT2D eigenvalue weighted by Crippen LogP contribution is 2.46. The average Bonchev–Trinajstić information content (AvgIpc) is 2.88. The van der Waals surface area contributed by atoms with Gasteiger partial charge in [0.15, 0.2) is 11.5 Å². The molecule has 0 spiro atoms. The maximum absolute atomic E-state index is 13.4. The third-order valence-electron chi connectivity index (χ3n) is 5.93. The third kappa shape index (κ3) is 4.66. The van der Waals surface area contributed by atoms with Gasteiger partial charge in [0.1, 0.15) is 23.8 Å². The molecular weight excluding hydrogens is 470 g/mol. The van der Waals surface area contributed by atoms with E-state index in [2.05, 4.69) is 5.32 Å². The van der Waals surface area contributed by atoms with Gasteiger partial charge in [0, 0.05) is 24.1 Å². The third-order valence-corrected chi connectivity index (χ3v) is 5.93. The molecule has 1 N–H and O–H groups in total. The number of carbonyl (C=O) groups excluding carboxylic acids is 3. The van der Waals surface area contributed by atoms with Crippen LogP contribution in [-0.2, 0) is 14.3 Å². The zero-order valence-electron chi connectivity index (χ0n) is 21.5. The maximum atomic E-state index is 13.4. The highest BCUT2D eigenvalue weighted by Gasteiger charge is 2.29. The predicted octanol–water partition coefficient (Wildman–Crippen LogP) is 3.76. The second kappa shape index (κ2) is 10.6. The number of hydrogen-bond acceptors (Lipinski definition) is 9. The van der Waals surface area contributed by atoms with Crippen LogP contribution in [0.15, 0.2) is 11.6 Å². The van der Waals surface area contributed by atoms with Gasteiger partial charge in [-0.1, -0.05) is 0 Å². The van der Waals surface area contributed by atoms with Gasteiger partial charge in [0.25, 0.3) is 5.91 Å². The molecule has 0 aromatic heterocycles. The first kappa shape index (κ1) is 26.4. The van der Waals surface area contributed by atoms with Gasteiger partial charge in [-0.15, -0.1) is 0 Å². The number of ether oxygens (including phenoxy) is 6. The van der Waals surface area contributed by atoms with Gasteiger partial charge in [-0.05, 0) is 38.0 Å². The molecule has 0 saturated carbocycles. The molecular formula is C26H29NO9. The minimum atomic E-state index is -0.711. The van der Waals surface area contributed by atoms with Crippen molar-refractivity contribution in [1.82, 2.24) is 0 Å². The summed E-state index contributed by atoms with van der Waals surface area (Å²) in [7, 11) is 5.41. The first-order chi connectivity index (χ1) is 17.1. The summed E-state index contributed by atoms with van der Waals surface area (Å²) in [6.07, 6.45) is 1.67. The summed E-state index contributed by atoms with van der Waals surface area (Å²) < 4.78 is 32.4. The lowest BCUT2D eigenvalue weighted by molar-refractivity contribution is -0.132. The van der Waals surface area contributed by atoms with Gasteiger partial charge in [-0.2, -0.15) is 0 Å². The summed E-state index contributed by atoms with van der Waals surface area (Å²) in [5.74, 6) is -0.166. The molecule has 0 bridgehead atoms. The Bertz CT molecular complexity index is 1280. The average molecular weight is 500 g/mol. The van der Waals surface area contributed by atoms with Crippen LogP contribution in [0.5, 0.6) is 28.7 Å². The number of anilines is 1. The van der Waals surface area contributed by atoms with E-state index in [0.717, 1.165) is 11.1 Å². The van der Waals surface area contributed by atoms with Crippen LogP contribution in [0.2, 0.25) is 0 Å². The van der Waals surface area contributed by atoms with Crippen molar-refractivity contribution in [2.75, 3.05) is 40.4 Å². The Morgan fingerprint density at radius 3 is 2.11 bits per heavy atom. The van der Waals surface area contributed by atoms with Crippen LogP contribution in [0, 0.1) is 20.8 Å². The van der Waals surface area contributed by atoms with Gasteiger partial charge in [0.05, 0.1) is 39.6 Å². The molecule has 192 valence electrons.